The van der Waals surface area contributed by atoms with Gasteiger partial charge in [0.15, 0.2) is 0 Å². The van der Waals surface area contributed by atoms with Gasteiger partial charge in [0.25, 0.3) is 0 Å². The van der Waals surface area contributed by atoms with Crippen molar-refractivity contribution in [2.24, 2.45) is 5.92 Å². The molecule has 2 saturated heterocycles. The van der Waals surface area contributed by atoms with Crippen LogP contribution in [0.15, 0.2) is 12.4 Å². The van der Waals surface area contributed by atoms with Crippen molar-refractivity contribution in [3.05, 3.63) is 12.4 Å². The minimum Gasteiger partial charge on any atom is -0.384 e. The molecule has 2 aliphatic heterocycles. The van der Waals surface area contributed by atoms with Gasteiger partial charge in [-0.1, -0.05) is 0 Å². The molecule has 1 amide bonds. The SMILES string of the molecule is Nc1cc(N2CCC3(CC2)CC(=O)N(CC2CCC(F)(F)CC2)CCO3)ncn1. The van der Waals surface area contributed by atoms with Gasteiger partial charge in [0, 0.05) is 45.1 Å². The number of amides is 1. The second kappa shape index (κ2) is 8.01. The van der Waals surface area contributed by atoms with E-state index in [1.54, 1.807) is 6.07 Å². The average molecular weight is 409 g/mol. The molecule has 0 unspecified atom stereocenters. The molecule has 0 bridgehead atoms. The first-order chi connectivity index (χ1) is 13.8. The summed E-state index contributed by atoms with van der Waals surface area (Å²) in [6, 6.07) is 1.76. The Kier molecular flexibility index (Phi) is 5.59. The first kappa shape index (κ1) is 20.3. The van der Waals surface area contributed by atoms with Gasteiger partial charge < -0.3 is 20.3 Å². The number of anilines is 2. The molecule has 29 heavy (non-hydrogen) atoms. The Balaban J connectivity index is 1.33. The van der Waals surface area contributed by atoms with Gasteiger partial charge in [0.2, 0.25) is 11.8 Å². The Morgan fingerprint density at radius 3 is 2.55 bits per heavy atom. The number of ether oxygens (including phenoxy) is 1. The molecule has 1 saturated carbocycles. The number of aromatic nitrogens is 2. The Hall–Kier alpha value is -2.03. The lowest BCUT2D eigenvalue weighted by Gasteiger charge is -2.41. The van der Waals surface area contributed by atoms with Crippen LogP contribution >= 0.6 is 0 Å². The lowest BCUT2D eigenvalue weighted by atomic mass is 9.85. The van der Waals surface area contributed by atoms with Crippen molar-refractivity contribution >= 4 is 17.5 Å². The molecule has 1 aliphatic carbocycles. The summed E-state index contributed by atoms with van der Waals surface area (Å²) in [7, 11) is 0. The van der Waals surface area contributed by atoms with E-state index in [-0.39, 0.29) is 24.7 Å². The second-order valence-corrected chi connectivity index (χ2v) is 8.64. The number of nitrogens with zero attached hydrogens (tertiary/aromatic N) is 4. The smallest absolute Gasteiger partial charge is 0.248 e. The van der Waals surface area contributed by atoms with Crippen molar-refractivity contribution in [2.75, 3.05) is 43.4 Å². The standard InChI is InChI=1S/C20H29F2N5O2/c21-20(22)3-1-15(2-4-20)13-27-9-10-29-19(12-18(27)28)5-7-26(8-6-19)17-11-16(23)24-14-25-17/h11,14-15H,1-10,12-13H2,(H2,23,24,25). The van der Waals surface area contributed by atoms with Crippen LogP contribution in [0.4, 0.5) is 20.4 Å². The first-order valence-electron chi connectivity index (χ1n) is 10.5. The van der Waals surface area contributed by atoms with Gasteiger partial charge >= 0.3 is 0 Å². The third-order valence-corrected chi connectivity index (χ3v) is 6.58. The highest BCUT2D eigenvalue weighted by atomic mass is 19.3. The molecule has 0 radical (unpaired) electrons. The van der Waals surface area contributed by atoms with E-state index in [9.17, 15) is 13.6 Å². The fourth-order valence-electron chi connectivity index (χ4n) is 4.72. The van der Waals surface area contributed by atoms with Crippen LogP contribution in [-0.4, -0.2) is 65.1 Å². The number of nitrogen functional groups attached to an aromatic ring is 1. The molecule has 7 nitrogen and oxygen atoms in total. The van der Waals surface area contributed by atoms with E-state index in [1.807, 2.05) is 4.90 Å². The minimum atomic E-state index is -2.53. The fourth-order valence-corrected chi connectivity index (χ4v) is 4.72. The zero-order valence-corrected chi connectivity index (χ0v) is 16.7. The summed E-state index contributed by atoms with van der Waals surface area (Å²) in [6.07, 6.45) is 4.14. The number of hydrogen-bond donors (Lipinski definition) is 1. The molecule has 1 aromatic rings. The van der Waals surface area contributed by atoms with Gasteiger partial charge in [-0.2, -0.15) is 0 Å². The molecular weight excluding hydrogens is 380 g/mol. The third-order valence-electron chi connectivity index (χ3n) is 6.58. The van der Waals surface area contributed by atoms with Gasteiger partial charge in [-0.3, -0.25) is 4.79 Å². The maximum Gasteiger partial charge on any atom is 0.248 e. The molecule has 0 aromatic carbocycles. The van der Waals surface area contributed by atoms with Crippen LogP contribution in [0.25, 0.3) is 0 Å². The lowest BCUT2D eigenvalue weighted by Crippen LogP contribution is -2.47. The number of alkyl halides is 2. The van der Waals surface area contributed by atoms with Crippen molar-refractivity contribution in [3.63, 3.8) is 0 Å². The van der Waals surface area contributed by atoms with Gasteiger partial charge in [-0.25, -0.2) is 18.7 Å². The van der Waals surface area contributed by atoms with Crippen molar-refractivity contribution < 1.29 is 18.3 Å². The van der Waals surface area contributed by atoms with Gasteiger partial charge in [-0.15, -0.1) is 0 Å². The predicted molar refractivity (Wildman–Crippen MR) is 105 cm³/mol. The van der Waals surface area contributed by atoms with Crippen molar-refractivity contribution in [3.8, 4) is 0 Å². The highest BCUT2D eigenvalue weighted by Crippen LogP contribution is 2.38. The largest absolute Gasteiger partial charge is 0.384 e. The average Bonchev–Trinajstić information content (AvgIpc) is 2.83. The summed E-state index contributed by atoms with van der Waals surface area (Å²) in [6.45, 7) is 3.08. The fraction of sp³-hybridized carbons (Fsp3) is 0.750. The first-order valence-corrected chi connectivity index (χ1v) is 10.5. The van der Waals surface area contributed by atoms with E-state index in [4.69, 9.17) is 10.5 Å². The number of rotatable bonds is 3. The van der Waals surface area contributed by atoms with E-state index < -0.39 is 11.5 Å². The van der Waals surface area contributed by atoms with E-state index in [2.05, 4.69) is 14.9 Å². The van der Waals surface area contributed by atoms with Crippen LogP contribution < -0.4 is 10.6 Å². The quantitative estimate of drug-likeness (QED) is 0.826. The third kappa shape index (κ3) is 4.76. The maximum absolute atomic E-state index is 13.4. The van der Waals surface area contributed by atoms with Crippen LogP contribution in [0, 0.1) is 5.92 Å². The van der Waals surface area contributed by atoms with E-state index >= 15 is 0 Å². The number of halogens is 2. The van der Waals surface area contributed by atoms with Gasteiger partial charge in [-0.05, 0) is 31.6 Å². The lowest BCUT2D eigenvalue weighted by molar-refractivity contribution is -0.135. The molecule has 160 valence electrons. The number of carbonyl (C=O) groups is 1. The molecule has 1 spiro atoms. The highest BCUT2D eigenvalue weighted by molar-refractivity contribution is 5.77. The molecule has 2 N–H and O–H groups in total. The van der Waals surface area contributed by atoms with Crippen LogP contribution in [0.3, 0.4) is 0 Å². The van der Waals surface area contributed by atoms with Crippen LogP contribution in [-0.2, 0) is 9.53 Å². The maximum atomic E-state index is 13.4. The van der Waals surface area contributed by atoms with Gasteiger partial charge in [0.05, 0.1) is 18.6 Å². The predicted octanol–water partition coefficient (Wildman–Crippen LogP) is 2.47. The molecular formula is C20H29F2N5O2. The molecule has 1 aromatic heterocycles. The monoisotopic (exact) mass is 409 g/mol. The summed E-state index contributed by atoms with van der Waals surface area (Å²) in [4.78, 5) is 25.1. The zero-order valence-electron chi connectivity index (χ0n) is 16.7. The number of carbonyl (C=O) groups excluding carboxylic acids is 1. The summed E-state index contributed by atoms with van der Waals surface area (Å²) >= 11 is 0. The molecule has 0 atom stereocenters. The van der Waals surface area contributed by atoms with Crippen molar-refractivity contribution in [1.29, 1.82) is 0 Å². The van der Waals surface area contributed by atoms with Crippen LogP contribution in [0.1, 0.15) is 44.9 Å². The molecule has 3 aliphatic rings. The minimum absolute atomic E-state index is 0.0659. The Labute approximate surface area is 169 Å². The summed E-state index contributed by atoms with van der Waals surface area (Å²) in [5, 5.41) is 0. The summed E-state index contributed by atoms with van der Waals surface area (Å²) in [5.74, 6) is -1.05. The van der Waals surface area contributed by atoms with Crippen molar-refractivity contribution in [2.45, 2.75) is 56.5 Å². The highest BCUT2D eigenvalue weighted by Gasteiger charge is 2.42. The summed E-state index contributed by atoms with van der Waals surface area (Å²) in [5.41, 5.74) is 5.31. The Morgan fingerprint density at radius 2 is 1.86 bits per heavy atom. The molecule has 3 fully saturated rings. The Morgan fingerprint density at radius 1 is 1.14 bits per heavy atom. The molecule has 4 rings (SSSR count). The number of piperidine rings is 1. The number of nitrogens with two attached hydrogens (primary N) is 1. The van der Waals surface area contributed by atoms with E-state index in [1.165, 1.54) is 6.33 Å². The van der Waals surface area contributed by atoms with Gasteiger partial charge in [0.1, 0.15) is 18.0 Å². The van der Waals surface area contributed by atoms with E-state index in [0.29, 0.717) is 44.8 Å². The van der Waals surface area contributed by atoms with Crippen molar-refractivity contribution in [1.82, 2.24) is 14.9 Å². The molecule has 9 heteroatoms. The second-order valence-electron chi connectivity index (χ2n) is 8.64. The van der Waals surface area contributed by atoms with Crippen LogP contribution in [0.5, 0.6) is 0 Å². The number of hydrogen-bond acceptors (Lipinski definition) is 6. The summed E-state index contributed by atoms with van der Waals surface area (Å²) < 4.78 is 33.0. The zero-order chi connectivity index (χ0) is 20.5. The van der Waals surface area contributed by atoms with Crippen LogP contribution in [0.2, 0.25) is 0 Å². The van der Waals surface area contributed by atoms with E-state index in [0.717, 1.165) is 31.7 Å². The normalized spacial score (nSPS) is 25.2. The molecule has 3 heterocycles. The topological polar surface area (TPSA) is 84.6 Å². The Bertz CT molecular complexity index is 729.